The maximum absolute atomic E-state index is 13.4. The fourth-order valence-electron chi connectivity index (χ4n) is 5.08. The van der Waals surface area contributed by atoms with Crippen molar-refractivity contribution < 1.29 is 46.7 Å². The normalized spacial score (nSPS) is 21.0. The Balaban J connectivity index is 2.04. The Morgan fingerprint density at radius 3 is 1.80 bits per heavy atom. The van der Waals surface area contributed by atoms with Gasteiger partial charge in [0.15, 0.2) is 6.10 Å². The lowest BCUT2D eigenvalue weighted by atomic mass is 9.82. The molecule has 1 saturated carbocycles. The summed E-state index contributed by atoms with van der Waals surface area (Å²) in [6.45, 7) is 16.8. The van der Waals surface area contributed by atoms with Crippen LogP contribution in [-0.4, -0.2) is 78.3 Å². The maximum Gasteiger partial charge on any atom is 0.500 e. The van der Waals surface area contributed by atoms with E-state index in [1.165, 1.54) is 13.8 Å². The van der Waals surface area contributed by atoms with Gasteiger partial charge in [-0.3, -0.25) is 9.59 Å². The van der Waals surface area contributed by atoms with Crippen molar-refractivity contribution in [3.05, 3.63) is 36.5 Å². The Morgan fingerprint density at radius 2 is 1.34 bits per heavy atom. The lowest BCUT2D eigenvalue weighted by Gasteiger charge is -2.29. The van der Waals surface area contributed by atoms with E-state index >= 15 is 0 Å². The third kappa shape index (κ3) is 9.91. The van der Waals surface area contributed by atoms with Crippen molar-refractivity contribution in [2.45, 2.75) is 59.6 Å². The van der Waals surface area contributed by atoms with E-state index < -0.39 is 44.7 Å². The van der Waals surface area contributed by atoms with Gasteiger partial charge in [-0.2, -0.15) is 0 Å². The molecule has 0 aromatic carbocycles. The first-order valence-corrected chi connectivity index (χ1v) is 16.1. The number of allylic oxidation sites excluding steroid dienone is 2. The molecule has 1 N–H and O–H groups in total. The molecule has 2 aliphatic carbocycles. The molecule has 2 rings (SSSR count). The molecule has 2 aliphatic rings. The second-order valence-corrected chi connectivity index (χ2v) is 12.9. The van der Waals surface area contributed by atoms with Crippen LogP contribution in [0.2, 0.25) is 6.04 Å². The topological polar surface area (TPSA) is 136 Å². The van der Waals surface area contributed by atoms with Crippen molar-refractivity contribution in [3.8, 4) is 0 Å². The number of amides is 1. The predicted molar refractivity (Wildman–Crippen MR) is 152 cm³/mol. The van der Waals surface area contributed by atoms with Crippen LogP contribution in [0.5, 0.6) is 0 Å². The first-order valence-electron chi connectivity index (χ1n) is 14.2. The van der Waals surface area contributed by atoms with Crippen molar-refractivity contribution in [2.24, 2.45) is 23.7 Å². The van der Waals surface area contributed by atoms with Gasteiger partial charge in [0, 0.05) is 43.6 Å². The fraction of sp³-hybridized carbons (Fsp3) is 0.655. The molecular formula is C29H45NO10Si. The molecule has 1 amide bonds. The Morgan fingerprint density at radius 1 is 0.854 bits per heavy atom. The molecule has 0 aromatic rings. The molecular weight excluding hydrogens is 550 g/mol. The SMILES string of the molecule is C=C(C)C(=O)OCC(COC(=O)C(=C)C)OC(=O)C1C2C=CC(C2)C1C(=O)NCCC[Si](OCC)(OCC)OCC. The number of carbonyl (C=O) groups excluding carboxylic acids is 4. The van der Waals surface area contributed by atoms with Gasteiger partial charge >= 0.3 is 26.7 Å². The number of hydrogen-bond donors (Lipinski definition) is 1. The van der Waals surface area contributed by atoms with E-state index in [2.05, 4.69) is 18.5 Å². The summed E-state index contributed by atoms with van der Waals surface area (Å²) >= 11 is 0. The summed E-state index contributed by atoms with van der Waals surface area (Å²) in [5, 5.41) is 2.97. The molecule has 0 aliphatic heterocycles. The van der Waals surface area contributed by atoms with Gasteiger partial charge in [0.1, 0.15) is 13.2 Å². The van der Waals surface area contributed by atoms with E-state index in [0.717, 1.165) is 0 Å². The van der Waals surface area contributed by atoms with Crippen molar-refractivity contribution >= 4 is 32.6 Å². The zero-order valence-corrected chi connectivity index (χ0v) is 25.9. The summed E-state index contributed by atoms with van der Waals surface area (Å²) < 4.78 is 33.6. The fourth-order valence-corrected chi connectivity index (χ4v) is 7.69. The van der Waals surface area contributed by atoms with Gasteiger partial charge in [-0.25, -0.2) is 9.59 Å². The first-order chi connectivity index (χ1) is 19.5. The van der Waals surface area contributed by atoms with Crippen molar-refractivity contribution in [3.63, 3.8) is 0 Å². The van der Waals surface area contributed by atoms with Gasteiger partial charge in [-0.05, 0) is 59.3 Å². The number of carbonyl (C=O) groups is 4. The van der Waals surface area contributed by atoms with Crippen molar-refractivity contribution in [1.82, 2.24) is 5.32 Å². The molecule has 230 valence electrons. The van der Waals surface area contributed by atoms with E-state index in [1.807, 2.05) is 32.9 Å². The van der Waals surface area contributed by atoms with E-state index in [-0.39, 0.29) is 42.1 Å². The zero-order chi connectivity index (χ0) is 30.6. The lowest BCUT2D eigenvalue weighted by molar-refractivity contribution is -0.170. The van der Waals surface area contributed by atoms with Crippen LogP contribution in [-0.2, 0) is 46.7 Å². The van der Waals surface area contributed by atoms with Crippen LogP contribution < -0.4 is 5.32 Å². The highest BCUT2D eigenvalue weighted by molar-refractivity contribution is 6.60. The maximum atomic E-state index is 13.4. The first kappa shape index (κ1) is 34.4. The summed E-state index contributed by atoms with van der Waals surface area (Å²) in [6, 6.07) is 0.554. The number of esters is 3. The standard InChI is InChI=1S/C29H45NO10Si/c1-8-37-41(38-9-2,39-10-3)15-11-14-30-26(31)24-21-12-13-22(16-21)25(24)29(34)40-23(17-35-27(32)19(4)5)18-36-28(33)20(6)7/h12-13,21-25H,4,6,8-11,14-18H2,1-3,5,7H3,(H,30,31). The van der Waals surface area contributed by atoms with E-state index in [1.54, 1.807) is 0 Å². The summed E-state index contributed by atoms with van der Waals surface area (Å²) in [7, 11) is -2.83. The van der Waals surface area contributed by atoms with Gasteiger partial charge in [-0.15, -0.1) is 0 Å². The summed E-state index contributed by atoms with van der Waals surface area (Å²) in [4.78, 5) is 50.5. The van der Waals surface area contributed by atoms with Gasteiger partial charge in [0.25, 0.3) is 0 Å². The smallest absolute Gasteiger partial charge is 0.458 e. The molecule has 0 saturated heterocycles. The van der Waals surface area contributed by atoms with Crippen LogP contribution >= 0.6 is 0 Å². The van der Waals surface area contributed by atoms with Crippen LogP contribution in [0.1, 0.15) is 47.5 Å². The molecule has 12 heteroatoms. The van der Waals surface area contributed by atoms with E-state index in [4.69, 9.17) is 27.5 Å². The Kier molecular flexibility index (Phi) is 13.9. The van der Waals surface area contributed by atoms with Gasteiger partial charge in [0.2, 0.25) is 5.91 Å². The average Bonchev–Trinajstić information content (AvgIpc) is 3.54. The zero-order valence-electron chi connectivity index (χ0n) is 24.9. The second kappa shape index (κ2) is 16.6. The Labute approximate surface area is 244 Å². The minimum absolute atomic E-state index is 0.0952. The number of rotatable bonds is 19. The third-order valence-electron chi connectivity index (χ3n) is 6.87. The predicted octanol–water partition coefficient (Wildman–Crippen LogP) is 3.13. The summed E-state index contributed by atoms with van der Waals surface area (Å²) in [5.74, 6) is -3.76. The highest BCUT2D eigenvalue weighted by Gasteiger charge is 2.52. The van der Waals surface area contributed by atoms with Crippen molar-refractivity contribution in [2.75, 3.05) is 39.6 Å². The molecule has 0 aromatic heterocycles. The molecule has 2 bridgehead atoms. The minimum atomic E-state index is -2.83. The monoisotopic (exact) mass is 595 g/mol. The Hall–Kier alpha value is -2.80. The van der Waals surface area contributed by atoms with Gasteiger partial charge in [-0.1, -0.05) is 25.3 Å². The number of nitrogens with one attached hydrogen (secondary N) is 1. The molecule has 0 radical (unpaired) electrons. The third-order valence-corrected chi connectivity index (χ3v) is 10.0. The largest absolute Gasteiger partial charge is 0.500 e. The highest BCUT2D eigenvalue weighted by Crippen LogP contribution is 2.48. The lowest BCUT2D eigenvalue weighted by Crippen LogP contribution is -2.47. The second-order valence-electron chi connectivity index (χ2n) is 10.2. The molecule has 4 atom stereocenters. The number of ether oxygens (including phenoxy) is 3. The van der Waals surface area contributed by atoms with Crippen LogP contribution in [0.4, 0.5) is 0 Å². The molecule has 4 unspecified atom stereocenters. The average molecular weight is 596 g/mol. The quantitative estimate of drug-likeness (QED) is 0.0592. The molecule has 1 fully saturated rings. The van der Waals surface area contributed by atoms with E-state index in [0.29, 0.717) is 45.3 Å². The van der Waals surface area contributed by atoms with Gasteiger partial charge in [0.05, 0.1) is 11.8 Å². The van der Waals surface area contributed by atoms with Crippen LogP contribution in [0.3, 0.4) is 0 Å². The van der Waals surface area contributed by atoms with Crippen molar-refractivity contribution in [1.29, 1.82) is 0 Å². The number of fused-ring (bicyclic) bond motifs is 2. The number of hydrogen-bond acceptors (Lipinski definition) is 10. The van der Waals surface area contributed by atoms with Gasteiger partial charge < -0.3 is 32.8 Å². The Bertz CT molecular complexity index is 949. The summed E-state index contributed by atoms with van der Waals surface area (Å²) in [5.41, 5.74) is 0.348. The van der Waals surface area contributed by atoms with E-state index in [9.17, 15) is 19.2 Å². The molecule has 41 heavy (non-hydrogen) atoms. The summed E-state index contributed by atoms with van der Waals surface area (Å²) in [6.07, 6.45) is 4.09. The van der Waals surface area contributed by atoms with Crippen LogP contribution in [0.25, 0.3) is 0 Å². The van der Waals surface area contributed by atoms with Crippen LogP contribution in [0, 0.1) is 23.7 Å². The molecule has 0 spiro atoms. The minimum Gasteiger partial charge on any atom is -0.458 e. The molecule has 11 nitrogen and oxygen atoms in total. The highest BCUT2D eigenvalue weighted by atomic mass is 28.4. The molecule has 0 heterocycles. The van der Waals surface area contributed by atoms with Crippen LogP contribution in [0.15, 0.2) is 36.5 Å².